The number of amides is 2. The van der Waals surface area contributed by atoms with Gasteiger partial charge in [-0.15, -0.1) is 11.8 Å². The van der Waals surface area contributed by atoms with E-state index in [1.807, 2.05) is 7.05 Å². The van der Waals surface area contributed by atoms with E-state index >= 15 is 0 Å². The second-order valence-electron chi connectivity index (χ2n) is 6.33. The topological polar surface area (TPSA) is 49.4 Å². The number of carbonyl (C=O) groups excluding carboxylic acids is 2. The lowest BCUT2D eigenvalue weighted by Crippen LogP contribution is -2.34. The molecule has 1 aromatic carbocycles. The van der Waals surface area contributed by atoms with E-state index in [4.69, 9.17) is 0 Å². The molecule has 0 spiro atoms. The number of hydrogen-bond donors (Lipinski definition) is 1. The largest absolute Gasteiger partial charge is 0.345 e. The Balaban J connectivity index is 1.64. The first-order chi connectivity index (χ1) is 11.5. The Labute approximate surface area is 147 Å². The minimum absolute atomic E-state index is 0.0696. The first-order valence-electron chi connectivity index (χ1n) is 8.41. The van der Waals surface area contributed by atoms with Gasteiger partial charge in [-0.3, -0.25) is 9.59 Å². The molecule has 2 rings (SSSR count). The number of hydrogen-bond acceptors (Lipinski definition) is 3. The summed E-state index contributed by atoms with van der Waals surface area (Å²) in [4.78, 5) is 25.7. The fourth-order valence-electron chi connectivity index (χ4n) is 2.93. The molecule has 1 saturated carbocycles. The number of nitrogens with zero attached hydrogens (tertiary/aromatic N) is 1. The highest BCUT2D eigenvalue weighted by Gasteiger charge is 2.18. The fourth-order valence-corrected chi connectivity index (χ4v) is 3.68. The Bertz CT molecular complexity index is 544. The summed E-state index contributed by atoms with van der Waals surface area (Å²) < 4.78 is 12.8. The van der Waals surface area contributed by atoms with Crippen molar-refractivity contribution in [3.05, 3.63) is 30.1 Å². The van der Waals surface area contributed by atoms with Crippen LogP contribution in [0.25, 0.3) is 0 Å². The first-order valence-corrected chi connectivity index (χ1v) is 9.57. The highest BCUT2D eigenvalue weighted by Crippen LogP contribution is 2.24. The van der Waals surface area contributed by atoms with E-state index in [2.05, 4.69) is 5.32 Å². The van der Waals surface area contributed by atoms with Gasteiger partial charge in [0.25, 0.3) is 0 Å². The minimum Gasteiger partial charge on any atom is -0.345 e. The number of carbonyl (C=O) groups is 2. The second kappa shape index (κ2) is 9.67. The van der Waals surface area contributed by atoms with E-state index in [0.717, 1.165) is 6.54 Å². The van der Waals surface area contributed by atoms with Gasteiger partial charge in [0.15, 0.2) is 0 Å². The Morgan fingerprint density at radius 3 is 2.50 bits per heavy atom. The predicted octanol–water partition coefficient (Wildman–Crippen LogP) is 3.54. The van der Waals surface area contributed by atoms with Crippen molar-refractivity contribution in [1.29, 1.82) is 0 Å². The smallest absolute Gasteiger partial charge is 0.234 e. The summed E-state index contributed by atoms with van der Waals surface area (Å²) in [6, 6.07) is 5.63. The Morgan fingerprint density at radius 1 is 1.17 bits per heavy atom. The van der Waals surface area contributed by atoms with E-state index in [1.54, 1.807) is 4.90 Å². The SMILES string of the molecule is CN(CC1CCCCC1)C(=O)CSCC(=O)Nc1ccc(F)cc1. The molecule has 0 saturated heterocycles. The Hall–Kier alpha value is -1.56. The van der Waals surface area contributed by atoms with Crippen LogP contribution in [-0.2, 0) is 9.59 Å². The highest BCUT2D eigenvalue weighted by molar-refractivity contribution is 8.00. The lowest BCUT2D eigenvalue weighted by atomic mass is 9.89. The molecule has 1 fully saturated rings. The summed E-state index contributed by atoms with van der Waals surface area (Å²) in [5.41, 5.74) is 0.558. The number of thioether (sulfide) groups is 1. The molecular formula is C18H25FN2O2S. The van der Waals surface area contributed by atoms with Crippen LogP contribution < -0.4 is 5.32 Å². The first kappa shape index (κ1) is 18.8. The third kappa shape index (κ3) is 6.51. The van der Waals surface area contributed by atoms with Gasteiger partial charge in [-0.25, -0.2) is 4.39 Å². The quantitative estimate of drug-likeness (QED) is 0.817. The molecule has 1 aliphatic rings. The van der Waals surface area contributed by atoms with E-state index in [1.165, 1.54) is 68.1 Å². The standard InChI is InChI=1S/C18H25FN2O2S/c1-21(11-14-5-3-2-4-6-14)18(23)13-24-12-17(22)20-16-9-7-15(19)8-10-16/h7-10,14H,2-6,11-13H2,1H3,(H,20,22). The molecule has 0 aromatic heterocycles. The van der Waals surface area contributed by atoms with Gasteiger partial charge in [0, 0.05) is 19.3 Å². The van der Waals surface area contributed by atoms with Crippen LogP contribution >= 0.6 is 11.8 Å². The fraction of sp³-hybridized carbons (Fsp3) is 0.556. The van der Waals surface area contributed by atoms with Crippen molar-refractivity contribution in [3.8, 4) is 0 Å². The summed E-state index contributed by atoms with van der Waals surface area (Å²) in [7, 11) is 1.84. The third-order valence-corrected chi connectivity index (χ3v) is 5.19. The lowest BCUT2D eigenvalue weighted by Gasteiger charge is -2.27. The van der Waals surface area contributed by atoms with Gasteiger partial charge in [-0.05, 0) is 43.0 Å². The summed E-state index contributed by atoms with van der Waals surface area (Å²) in [6.45, 7) is 0.821. The molecule has 0 aliphatic heterocycles. The molecule has 1 N–H and O–H groups in total. The molecule has 0 atom stereocenters. The van der Waals surface area contributed by atoms with Crippen molar-refractivity contribution in [3.63, 3.8) is 0 Å². The maximum absolute atomic E-state index is 12.8. The van der Waals surface area contributed by atoms with Gasteiger partial charge >= 0.3 is 0 Å². The van der Waals surface area contributed by atoms with Crippen molar-refractivity contribution in [2.24, 2.45) is 5.92 Å². The van der Waals surface area contributed by atoms with Crippen LogP contribution in [0.2, 0.25) is 0 Å². The summed E-state index contributed by atoms with van der Waals surface area (Å²) >= 11 is 1.30. The number of halogens is 1. The van der Waals surface area contributed by atoms with Gasteiger partial charge in [0.1, 0.15) is 5.82 Å². The number of nitrogens with one attached hydrogen (secondary N) is 1. The maximum Gasteiger partial charge on any atom is 0.234 e. The van der Waals surface area contributed by atoms with E-state index in [-0.39, 0.29) is 23.4 Å². The molecular weight excluding hydrogens is 327 g/mol. The normalized spacial score (nSPS) is 15.1. The van der Waals surface area contributed by atoms with Crippen LogP contribution in [0.5, 0.6) is 0 Å². The Kier molecular flexibility index (Phi) is 7.56. The predicted molar refractivity (Wildman–Crippen MR) is 96.6 cm³/mol. The zero-order valence-electron chi connectivity index (χ0n) is 14.1. The zero-order chi connectivity index (χ0) is 17.4. The average Bonchev–Trinajstić information content (AvgIpc) is 2.57. The van der Waals surface area contributed by atoms with Gasteiger partial charge in [0.2, 0.25) is 11.8 Å². The third-order valence-electron chi connectivity index (χ3n) is 4.27. The van der Waals surface area contributed by atoms with Crippen LogP contribution in [0.1, 0.15) is 32.1 Å². The molecule has 0 radical (unpaired) electrons. The molecule has 132 valence electrons. The van der Waals surface area contributed by atoms with Crippen molar-refractivity contribution in [2.45, 2.75) is 32.1 Å². The van der Waals surface area contributed by atoms with Crippen LogP contribution in [0.15, 0.2) is 24.3 Å². The highest BCUT2D eigenvalue weighted by atomic mass is 32.2. The lowest BCUT2D eigenvalue weighted by molar-refractivity contribution is -0.127. The van der Waals surface area contributed by atoms with Crippen molar-refractivity contribution < 1.29 is 14.0 Å². The second-order valence-corrected chi connectivity index (χ2v) is 7.31. The summed E-state index contributed by atoms with van der Waals surface area (Å²) in [5.74, 6) is 0.684. The van der Waals surface area contributed by atoms with Gasteiger partial charge in [-0.2, -0.15) is 0 Å². The summed E-state index contributed by atoms with van der Waals surface area (Å²) in [5, 5.41) is 2.69. The zero-order valence-corrected chi connectivity index (χ0v) is 14.9. The van der Waals surface area contributed by atoms with Crippen LogP contribution in [0, 0.1) is 11.7 Å². The number of benzene rings is 1. The van der Waals surface area contributed by atoms with Gasteiger partial charge in [0.05, 0.1) is 11.5 Å². The average molecular weight is 352 g/mol. The molecule has 6 heteroatoms. The maximum atomic E-state index is 12.8. The van der Waals surface area contributed by atoms with Crippen molar-refractivity contribution in [2.75, 3.05) is 30.4 Å². The van der Waals surface area contributed by atoms with Crippen LogP contribution in [0.3, 0.4) is 0 Å². The molecule has 0 heterocycles. The van der Waals surface area contributed by atoms with E-state index in [9.17, 15) is 14.0 Å². The molecule has 0 bridgehead atoms. The van der Waals surface area contributed by atoms with Crippen molar-refractivity contribution >= 4 is 29.3 Å². The molecule has 4 nitrogen and oxygen atoms in total. The van der Waals surface area contributed by atoms with Crippen LogP contribution in [0.4, 0.5) is 10.1 Å². The minimum atomic E-state index is -0.339. The molecule has 24 heavy (non-hydrogen) atoms. The molecule has 1 aromatic rings. The number of rotatable bonds is 7. The van der Waals surface area contributed by atoms with Gasteiger partial charge in [-0.1, -0.05) is 19.3 Å². The van der Waals surface area contributed by atoms with E-state index in [0.29, 0.717) is 17.4 Å². The van der Waals surface area contributed by atoms with E-state index < -0.39 is 0 Å². The summed E-state index contributed by atoms with van der Waals surface area (Å²) in [6.07, 6.45) is 6.28. The van der Waals surface area contributed by atoms with Crippen LogP contribution in [-0.4, -0.2) is 41.8 Å². The number of anilines is 1. The Morgan fingerprint density at radius 2 is 1.83 bits per heavy atom. The molecule has 1 aliphatic carbocycles. The van der Waals surface area contributed by atoms with Gasteiger partial charge < -0.3 is 10.2 Å². The monoisotopic (exact) mass is 352 g/mol. The van der Waals surface area contributed by atoms with Crippen molar-refractivity contribution in [1.82, 2.24) is 4.90 Å². The molecule has 0 unspecified atom stereocenters. The molecule has 2 amide bonds.